The Morgan fingerprint density at radius 1 is 1.20 bits per heavy atom. The Labute approximate surface area is 178 Å². The summed E-state index contributed by atoms with van der Waals surface area (Å²) in [6, 6.07) is 8.47. The van der Waals surface area contributed by atoms with Crippen molar-refractivity contribution >= 4 is 34.8 Å². The van der Waals surface area contributed by atoms with Crippen molar-refractivity contribution in [2.45, 2.75) is 39.8 Å². The highest BCUT2D eigenvalue weighted by Gasteiger charge is 2.47. The van der Waals surface area contributed by atoms with Crippen LogP contribution in [0.15, 0.2) is 36.4 Å². The average Bonchev–Trinajstić information content (AvgIpc) is 3.05. The summed E-state index contributed by atoms with van der Waals surface area (Å²) in [5.74, 6) is -0.690. The van der Waals surface area contributed by atoms with Gasteiger partial charge < -0.3 is 5.32 Å². The maximum absolute atomic E-state index is 13.8. The van der Waals surface area contributed by atoms with Gasteiger partial charge in [-0.15, -0.1) is 0 Å². The van der Waals surface area contributed by atoms with E-state index in [1.807, 2.05) is 6.07 Å². The van der Waals surface area contributed by atoms with Crippen LogP contribution in [0.3, 0.4) is 0 Å². The van der Waals surface area contributed by atoms with Gasteiger partial charge in [0.05, 0.1) is 22.4 Å². The molecule has 1 fully saturated rings. The average molecular weight is 439 g/mol. The predicted octanol–water partition coefficient (Wildman–Crippen LogP) is 5.56. The molecule has 0 bridgehead atoms. The van der Waals surface area contributed by atoms with Gasteiger partial charge in [-0.05, 0) is 49.6 Å². The first-order chi connectivity index (χ1) is 14.0. The summed E-state index contributed by atoms with van der Waals surface area (Å²) in [6.07, 6.45) is -4.28. The number of amides is 2. The van der Waals surface area contributed by atoms with Crippen LogP contribution in [0.4, 0.5) is 24.5 Å². The van der Waals surface area contributed by atoms with Gasteiger partial charge in [0.1, 0.15) is 0 Å². The summed E-state index contributed by atoms with van der Waals surface area (Å²) < 4.78 is 40.4. The first kappa shape index (κ1) is 22.2. The van der Waals surface area contributed by atoms with E-state index < -0.39 is 23.1 Å². The zero-order valence-electron chi connectivity index (χ0n) is 16.9. The summed E-state index contributed by atoms with van der Waals surface area (Å²) in [7, 11) is 0. The van der Waals surface area contributed by atoms with Gasteiger partial charge in [0.2, 0.25) is 11.8 Å². The molecule has 2 aromatic carbocycles. The third-order valence-electron chi connectivity index (χ3n) is 5.59. The molecule has 8 heteroatoms. The Hall–Kier alpha value is -2.54. The number of halogens is 4. The molecule has 1 heterocycles. The molecule has 1 saturated heterocycles. The lowest BCUT2D eigenvalue weighted by atomic mass is 9.82. The molecule has 160 valence electrons. The molecule has 1 N–H and O–H groups in total. The molecule has 0 spiro atoms. The van der Waals surface area contributed by atoms with E-state index in [9.17, 15) is 22.8 Å². The fraction of sp³-hybridized carbons (Fsp3) is 0.364. The van der Waals surface area contributed by atoms with E-state index in [1.165, 1.54) is 11.0 Å². The van der Waals surface area contributed by atoms with Crippen molar-refractivity contribution in [3.05, 3.63) is 58.1 Å². The molecule has 1 atom stereocenters. The van der Waals surface area contributed by atoms with Gasteiger partial charge in [0, 0.05) is 18.0 Å². The van der Waals surface area contributed by atoms with Crippen LogP contribution in [0, 0.1) is 19.3 Å². The van der Waals surface area contributed by atoms with Gasteiger partial charge in [-0.3, -0.25) is 14.5 Å². The zero-order chi connectivity index (χ0) is 22.3. The van der Waals surface area contributed by atoms with Gasteiger partial charge in [-0.25, -0.2) is 0 Å². The maximum Gasteiger partial charge on any atom is 0.416 e. The van der Waals surface area contributed by atoms with E-state index in [-0.39, 0.29) is 29.6 Å². The van der Waals surface area contributed by atoms with Gasteiger partial charge >= 0.3 is 6.18 Å². The zero-order valence-corrected chi connectivity index (χ0v) is 17.6. The lowest BCUT2D eigenvalue weighted by Gasteiger charge is -2.34. The fourth-order valence-electron chi connectivity index (χ4n) is 3.86. The van der Waals surface area contributed by atoms with E-state index in [4.69, 9.17) is 11.6 Å². The Kier molecular flexibility index (Phi) is 5.87. The molecular formula is C22H22ClF3N2O2. The standard InChI is InChI=1S/C22H22ClF3N2O2/c1-4-21(11-18(29)27-12-21)20(30)28(19-13(2)6-5-7-14(19)3)17-9-15(22(24,25)26)8-16(23)10-17/h5-10H,4,11-12H2,1-3H3,(H,27,29). The van der Waals surface area contributed by atoms with E-state index in [1.54, 1.807) is 32.9 Å². The van der Waals surface area contributed by atoms with Gasteiger partial charge in [0.15, 0.2) is 0 Å². The smallest absolute Gasteiger partial charge is 0.355 e. The van der Waals surface area contributed by atoms with Crippen LogP contribution in [0.2, 0.25) is 5.02 Å². The van der Waals surface area contributed by atoms with Crippen LogP contribution in [0.25, 0.3) is 0 Å². The van der Waals surface area contributed by atoms with Crippen molar-refractivity contribution in [3.8, 4) is 0 Å². The monoisotopic (exact) mass is 438 g/mol. The normalized spacial score (nSPS) is 19.0. The number of aryl methyl sites for hydroxylation is 2. The minimum atomic E-state index is -4.62. The number of rotatable bonds is 4. The molecule has 0 aromatic heterocycles. The Bertz CT molecular complexity index is 986. The van der Waals surface area contributed by atoms with Crippen molar-refractivity contribution < 1.29 is 22.8 Å². The molecule has 0 radical (unpaired) electrons. The Balaban J connectivity index is 2.26. The van der Waals surface area contributed by atoms with E-state index in [0.29, 0.717) is 12.1 Å². The Morgan fingerprint density at radius 2 is 1.83 bits per heavy atom. The number of hydrogen-bond acceptors (Lipinski definition) is 2. The minimum absolute atomic E-state index is 0.0174. The fourth-order valence-corrected chi connectivity index (χ4v) is 4.09. The number of anilines is 2. The topological polar surface area (TPSA) is 49.4 Å². The number of carbonyl (C=O) groups excluding carboxylic acids is 2. The quantitative estimate of drug-likeness (QED) is 0.679. The second kappa shape index (κ2) is 7.95. The predicted molar refractivity (Wildman–Crippen MR) is 110 cm³/mol. The van der Waals surface area contributed by atoms with Crippen LogP contribution >= 0.6 is 11.6 Å². The summed E-state index contributed by atoms with van der Waals surface area (Å²) in [6.45, 7) is 5.50. The molecule has 2 amide bonds. The number of alkyl halides is 3. The van der Waals surface area contributed by atoms with Crippen molar-refractivity contribution in [3.63, 3.8) is 0 Å². The van der Waals surface area contributed by atoms with Gasteiger partial charge in [-0.1, -0.05) is 36.7 Å². The van der Waals surface area contributed by atoms with Crippen LogP contribution in [-0.4, -0.2) is 18.4 Å². The number of carbonyl (C=O) groups is 2. The molecule has 30 heavy (non-hydrogen) atoms. The first-order valence-electron chi connectivity index (χ1n) is 9.54. The van der Waals surface area contributed by atoms with E-state index in [2.05, 4.69) is 5.32 Å². The van der Waals surface area contributed by atoms with Crippen molar-refractivity contribution in [2.75, 3.05) is 11.4 Å². The number of nitrogens with zero attached hydrogens (tertiary/aromatic N) is 1. The third-order valence-corrected chi connectivity index (χ3v) is 5.81. The summed E-state index contributed by atoms with van der Waals surface area (Å²) in [5.41, 5.74) is -0.0394. The van der Waals surface area contributed by atoms with Crippen LogP contribution < -0.4 is 10.2 Å². The lowest BCUT2D eigenvalue weighted by molar-refractivity contribution is -0.137. The maximum atomic E-state index is 13.8. The largest absolute Gasteiger partial charge is 0.416 e. The molecule has 0 saturated carbocycles. The Morgan fingerprint density at radius 3 is 2.33 bits per heavy atom. The first-order valence-corrected chi connectivity index (χ1v) is 9.91. The van der Waals surface area contributed by atoms with E-state index >= 15 is 0 Å². The SMILES string of the molecule is CCC1(C(=O)N(c2cc(Cl)cc(C(F)(F)F)c2)c2c(C)cccc2C)CNC(=O)C1. The van der Waals surface area contributed by atoms with Crippen molar-refractivity contribution in [1.82, 2.24) is 5.32 Å². The number of benzene rings is 2. The molecular weight excluding hydrogens is 417 g/mol. The second-order valence-corrected chi connectivity index (χ2v) is 8.10. The van der Waals surface area contributed by atoms with Gasteiger partial charge in [0.25, 0.3) is 0 Å². The molecule has 1 aliphatic heterocycles. The number of para-hydroxylation sites is 1. The summed E-state index contributed by atoms with van der Waals surface area (Å²) >= 11 is 6.02. The highest BCUT2D eigenvalue weighted by atomic mass is 35.5. The van der Waals surface area contributed by atoms with Crippen molar-refractivity contribution in [2.24, 2.45) is 5.41 Å². The molecule has 4 nitrogen and oxygen atoms in total. The minimum Gasteiger partial charge on any atom is -0.355 e. The highest BCUT2D eigenvalue weighted by Crippen LogP contribution is 2.42. The summed E-state index contributed by atoms with van der Waals surface area (Å²) in [5, 5.41) is 2.55. The van der Waals surface area contributed by atoms with E-state index in [0.717, 1.165) is 23.3 Å². The molecule has 1 unspecified atom stereocenters. The van der Waals surface area contributed by atoms with Crippen LogP contribution in [0.1, 0.15) is 36.5 Å². The van der Waals surface area contributed by atoms with Crippen molar-refractivity contribution in [1.29, 1.82) is 0 Å². The van der Waals surface area contributed by atoms with Gasteiger partial charge in [-0.2, -0.15) is 13.2 Å². The second-order valence-electron chi connectivity index (χ2n) is 7.66. The summed E-state index contributed by atoms with van der Waals surface area (Å²) in [4.78, 5) is 27.1. The lowest BCUT2D eigenvalue weighted by Crippen LogP contribution is -2.43. The number of hydrogen-bond donors (Lipinski definition) is 1. The van der Waals surface area contributed by atoms with Crippen LogP contribution in [-0.2, 0) is 15.8 Å². The number of nitrogens with one attached hydrogen (secondary N) is 1. The highest BCUT2D eigenvalue weighted by molar-refractivity contribution is 6.31. The molecule has 1 aliphatic rings. The molecule has 3 rings (SSSR count). The van der Waals surface area contributed by atoms with Crippen LogP contribution in [0.5, 0.6) is 0 Å². The molecule has 0 aliphatic carbocycles. The molecule has 2 aromatic rings. The third kappa shape index (κ3) is 4.03.